The van der Waals surface area contributed by atoms with E-state index in [2.05, 4.69) is 27.3 Å². The first-order valence-electron chi connectivity index (χ1n) is 6.35. The zero-order chi connectivity index (χ0) is 14.0. The molecule has 3 rings (SSSR count). The standard InChI is InChI=1S/C16H13BrN2O/c17-14-7-3-4-8-15(14)19-16(10-18)11-20-9-12-5-1-2-6-13(12)16/h1-8,19H,9,11H2. The van der Waals surface area contributed by atoms with Crippen LogP contribution < -0.4 is 5.32 Å². The van der Waals surface area contributed by atoms with Crippen LogP contribution in [0.15, 0.2) is 53.0 Å². The van der Waals surface area contributed by atoms with Crippen LogP contribution in [0, 0.1) is 11.3 Å². The maximum Gasteiger partial charge on any atom is 0.175 e. The van der Waals surface area contributed by atoms with Gasteiger partial charge < -0.3 is 10.1 Å². The number of nitrogens with one attached hydrogen (secondary N) is 1. The second kappa shape index (κ2) is 5.28. The summed E-state index contributed by atoms with van der Waals surface area (Å²) in [6.45, 7) is 0.888. The van der Waals surface area contributed by atoms with Crippen molar-refractivity contribution < 1.29 is 4.74 Å². The molecule has 1 N–H and O–H groups in total. The molecule has 1 atom stereocenters. The van der Waals surface area contributed by atoms with Crippen LogP contribution in [0.25, 0.3) is 0 Å². The Bertz CT molecular complexity index is 680. The highest BCUT2D eigenvalue weighted by Gasteiger charge is 2.38. The van der Waals surface area contributed by atoms with Crippen LogP contribution in [0.3, 0.4) is 0 Å². The Morgan fingerprint density at radius 3 is 2.70 bits per heavy atom. The van der Waals surface area contributed by atoms with Crippen molar-refractivity contribution >= 4 is 21.6 Å². The van der Waals surface area contributed by atoms with Gasteiger partial charge in [0, 0.05) is 10.2 Å². The Labute approximate surface area is 126 Å². The lowest BCUT2D eigenvalue weighted by Gasteiger charge is -2.34. The second-order valence-electron chi connectivity index (χ2n) is 4.77. The quantitative estimate of drug-likeness (QED) is 0.911. The Hall–Kier alpha value is -1.83. The number of nitriles is 1. The molecule has 3 nitrogen and oxygen atoms in total. The summed E-state index contributed by atoms with van der Waals surface area (Å²) in [6, 6.07) is 18.1. The van der Waals surface area contributed by atoms with Crippen LogP contribution in [-0.2, 0) is 16.9 Å². The fourth-order valence-electron chi connectivity index (χ4n) is 2.47. The van der Waals surface area contributed by atoms with Crippen molar-refractivity contribution in [1.82, 2.24) is 0 Å². The molecule has 0 aromatic heterocycles. The summed E-state index contributed by atoms with van der Waals surface area (Å²) >= 11 is 3.50. The Morgan fingerprint density at radius 2 is 1.90 bits per heavy atom. The first-order valence-corrected chi connectivity index (χ1v) is 7.14. The fourth-order valence-corrected chi connectivity index (χ4v) is 2.85. The minimum atomic E-state index is -0.848. The summed E-state index contributed by atoms with van der Waals surface area (Å²) in [7, 11) is 0. The largest absolute Gasteiger partial charge is 0.373 e. The number of anilines is 1. The minimum Gasteiger partial charge on any atom is -0.373 e. The number of halogens is 1. The molecule has 0 amide bonds. The molecule has 0 spiro atoms. The average Bonchev–Trinajstić information content (AvgIpc) is 2.50. The normalized spacial score (nSPS) is 20.8. The second-order valence-corrected chi connectivity index (χ2v) is 5.63. The van der Waals surface area contributed by atoms with Gasteiger partial charge in [-0.15, -0.1) is 0 Å². The Kier molecular flexibility index (Phi) is 3.47. The van der Waals surface area contributed by atoms with Crippen molar-refractivity contribution in [1.29, 1.82) is 5.26 Å². The highest BCUT2D eigenvalue weighted by Crippen LogP contribution is 2.35. The van der Waals surface area contributed by atoms with Gasteiger partial charge in [0.05, 0.1) is 19.3 Å². The van der Waals surface area contributed by atoms with Gasteiger partial charge in [-0.05, 0) is 39.2 Å². The first-order chi connectivity index (χ1) is 9.75. The van der Waals surface area contributed by atoms with Crippen molar-refractivity contribution in [3.8, 4) is 6.07 Å². The van der Waals surface area contributed by atoms with Crippen molar-refractivity contribution in [2.75, 3.05) is 11.9 Å². The molecule has 0 saturated carbocycles. The Balaban J connectivity index is 2.06. The summed E-state index contributed by atoms with van der Waals surface area (Å²) in [6.07, 6.45) is 0. The van der Waals surface area contributed by atoms with Gasteiger partial charge in [0.1, 0.15) is 0 Å². The molecule has 100 valence electrons. The van der Waals surface area contributed by atoms with E-state index in [1.54, 1.807) is 0 Å². The third-order valence-corrected chi connectivity index (χ3v) is 4.16. The van der Waals surface area contributed by atoms with Crippen molar-refractivity contribution in [2.45, 2.75) is 12.1 Å². The molecule has 1 heterocycles. The van der Waals surface area contributed by atoms with Crippen molar-refractivity contribution in [3.05, 3.63) is 64.1 Å². The molecule has 20 heavy (non-hydrogen) atoms. The first kappa shape index (κ1) is 13.2. The van der Waals surface area contributed by atoms with E-state index in [1.807, 2.05) is 48.5 Å². The zero-order valence-electron chi connectivity index (χ0n) is 10.8. The third kappa shape index (κ3) is 2.20. The molecule has 1 unspecified atom stereocenters. The maximum absolute atomic E-state index is 9.73. The van der Waals surface area contributed by atoms with Gasteiger partial charge in [-0.2, -0.15) is 5.26 Å². The Morgan fingerprint density at radius 1 is 1.15 bits per heavy atom. The minimum absolute atomic E-state index is 0.335. The van der Waals surface area contributed by atoms with Crippen LogP contribution in [0.5, 0.6) is 0 Å². The van der Waals surface area contributed by atoms with Crippen LogP contribution in [0.4, 0.5) is 5.69 Å². The summed E-state index contributed by atoms with van der Waals surface area (Å²) in [5.41, 5.74) is 2.08. The summed E-state index contributed by atoms with van der Waals surface area (Å²) < 4.78 is 6.54. The molecular weight excluding hydrogens is 316 g/mol. The van der Waals surface area contributed by atoms with E-state index in [4.69, 9.17) is 4.74 Å². The number of hydrogen-bond acceptors (Lipinski definition) is 3. The van der Waals surface area contributed by atoms with E-state index in [0.717, 1.165) is 21.3 Å². The smallest absolute Gasteiger partial charge is 0.175 e. The molecule has 0 saturated heterocycles. The monoisotopic (exact) mass is 328 g/mol. The molecule has 0 aliphatic carbocycles. The van der Waals surface area contributed by atoms with E-state index in [-0.39, 0.29) is 0 Å². The molecule has 1 aliphatic heterocycles. The van der Waals surface area contributed by atoms with E-state index in [9.17, 15) is 5.26 Å². The number of para-hydroxylation sites is 1. The van der Waals surface area contributed by atoms with Gasteiger partial charge >= 0.3 is 0 Å². The molecule has 4 heteroatoms. The molecule has 0 bridgehead atoms. The summed E-state index contributed by atoms with van der Waals surface area (Å²) in [5.74, 6) is 0. The lowest BCUT2D eigenvalue weighted by molar-refractivity contribution is 0.0786. The average molecular weight is 329 g/mol. The molecule has 2 aromatic rings. The number of rotatable bonds is 2. The fraction of sp³-hybridized carbons (Fsp3) is 0.188. The van der Waals surface area contributed by atoms with Crippen LogP contribution in [0.2, 0.25) is 0 Å². The number of nitrogens with zero attached hydrogens (tertiary/aromatic N) is 1. The van der Waals surface area contributed by atoms with Gasteiger partial charge in [-0.1, -0.05) is 36.4 Å². The molecule has 0 fully saturated rings. The van der Waals surface area contributed by atoms with Gasteiger partial charge in [0.25, 0.3) is 0 Å². The van der Waals surface area contributed by atoms with E-state index in [0.29, 0.717) is 13.2 Å². The third-order valence-electron chi connectivity index (χ3n) is 3.47. The van der Waals surface area contributed by atoms with Crippen molar-refractivity contribution in [3.63, 3.8) is 0 Å². The zero-order valence-corrected chi connectivity index (χ0v) is 12.4. The maximum atomic E-state index is 9.73. The highest BCUT2D eigenvalue weighted by molar-refractivity contribution is 9.10. The molecule has 0 radical (unpaired) electrons. The van der Waals surface area contributed by atoms with Gasteiger partial charge in [0.2, 0.25) is 0 Å². The van der Waals surface area contributed by atoms with E-state index >= 15 is 0 Å². The predicted octanol–water partition coefficient (Wildman–Crippen LogP) is 3.81. The lowest BCUT2D eigenvalue weighted by Crippen LogP contribution is -2.42. The number of fused-ring (bicyclic) bond motifs is 1. The summed E-state index contributed by atoms with van der Waals surface area (Å²) in [5, 5.41) is 13.1. The van der Waals surface area contributed by atoms with Crippen molar-refractivity contribution in [2.24, 2.45) is 0 Å². The topological polar surface area (TPSA) is 45.0 Å². The number of hydrogen-bond donors (Lipinski definition) is 1. The number of ether oxygens (including phenoxy) is 1. The molecule has 1 aliphatic rings. The predicted molar refractivity (Wildman–Crippen MR) is 81.2 cm³/mol. The summed E-state index contributed by atoms with van der Waals surface area (Å²) in [4.78, 5) is 0. The van der Waals surface area contributed by atoms with Gasteiger partial charge in [0.15, 0.2) is 5.54 Å². The number of benzene rings is 2. The SMILES string of the molecule is N#CC1(Nc2ccccc2Br)COCc2ccccc21. The van der Waals surface area contributed by atoms with E-state index in [1.165, 1.54) is 0 Å². The van der Waals surface area contributed by atoms with E-state index < -0.39 is 5.54 Å². The van der Waals surface area contributed by atoms with Crippen LogP contribution in [-0.4, -0.2) is 6.61 Å². The van der Waals surface area contributed by atoms with Gasteiger partial charge in [-0.3, -0.25) is 0 Å². The van der Waals surface area contributed by atoms with Crippen LogP contribution >= 0.6 is 15.9 Å². The molecular formula is C16H13BrN2O. The lowest BCUT2D eigenvalue weighted by atomic mass is 9.86. The van der Waals surface area contributed by atoms with Crippen LogP contribution in [0.1, 0.15) is 11.1 Å². The molecule has 2 aromatic carbocycles. The highest BCUT2D eigenvalue weighted by atomic mass is 79.9. The van der Waals surface area contributed by atoms with Gasteiger partial charge in [-0.25, -0.2) is 0 Å².